The molecule has 0 aliphatic heterocycles. The third-order valence-corrected chi connectivity index (χ3v) is 5.19. The second kappa shape index (κ2) is 6.58. The van der Waals surface area contributed by atoms with Crippen LogP contribution in [-0.4, -0.2) is 4.57 Å². The fraction of sp³-hybridized carbons (Fsp3) is 0.0769. The zero-order valence-corrected chi connectivity index (χ0v) is 16.0. The SMILES string of the molecule is CC.c1ccc(-n2c3ccccc3c3c4oc5ccccc5c4ccc32)cc1. The molecule has 0 fully saturated rings. The number of nitrogens with zero attached hydrogens (tertiary/aromatic N) is 1. The molecule has 28 heavy (non-hydrogen) atoms. The normalized spacial score (nSPS) is 11.2. The summed E-state index contributed by atoms with van der Waals surface area (Å²) < 4.78 is 8.63. The fourth-order valence-electron chi connectivity index (χ4n) is 4.09. The number of aromatic nitrogens is 1. The third-order valence-electron chi connectivity index (χ3n) is 5.19. The van der Waals surface area contributed by atoms with Crippen LogP contribution in [0.5, 0.6) is 0 Å². The fourth-order valence-corrected chi connectivity index (χ4v) is 4.09. The van der Waals surface area contributed by atoms with Gasteiger partial charge < -0.3 is 8.98 Å². The second-order valence-corrected chi connectivity index (χ2v) is 6.62. The highest BCUT2D eigenvalue weighted by molar-refractivity contribution is 6.23. The molecule has 0 atom stereocenters. The molecule has 4 aromatic carbocycles. The summed E-state index contributed by atoms with van der Waals surface area (Å²) in [4.78, 5) is 0. The topological polar surface area (TPSA) is 18.1 Å². The van der Waals surface area contributed by atoms with Gasteiger partial charge in [-0.3, -0.25) is 0 Å². The van der Waals surface area contributed by atoms with Gasteiger partial charge in [-0.15, -0.1) is 0 Å². The maximum Gasteiger partial charge on any atom is 0.145 e. The second-order valence-electron chi connectivity index (χ2n) is 6.62. The van der Waals surface area contributed by atoms with E-state index in [0.29, 0.717) is 0 Å². The maximum absolute atomic E-state index is 6.31. The molecule has 0 spiro atoms. The van der Waals surface area contributed by atoms with Gasteiger partial charge in [-0.1, -0.05) is 68.4 Å². The summed E-state index contributed by atoms with van der Waals surface area (Å²) >= 11 is 0. The lowest BCUT2D eigenvalue weighted by atomic mass is 10.1. The van der Waals surface area contributed by atoms with E-state index in [9.17, 15) is 0 Å². The van der Waals surface area contributed by atoms with E-state index in [-0.39, 0.29) is 0 Å². The van der Waals surface area contributed by atoms with E-state index in [2.05, 4.69) is 83.4 Å². The molecule has 0 saturated carbocycles. The van der Waals surface area contributed by atoms with Gasteiger partial charge in [-0.25, -0.2) is 0 Å². The zero-order valence-electron chi connectivity index (χ0n) is 16.0. The number of rotatable bonds is 1. The molecule has 2 aromatic heterocycles. The largest absolute Gasteiger partial charge is 0.455 e. The Kier molecular flexibility index (Phi) is 3.91. The number of para-hydroxylation sites is 3. The van der Waals surface area contributed by atoms with Gasteiger partial charge in [-0.05, 0) is 36.4 Å². The molecule has 136 valence electrons. The summed E-state index contributed by atoms with van der Waals surface area (Å²) in [5.41, 5.74) is 5.43. The van der Waals surface area contributed by atoms with Crippen molar-refractivity contribution in [3.05, 3.63) is 91.0 Å². The van der Waals surface area contributed by atoms with Crippen LogP contribution in [0.15, 0.2) is 95.4 Å². The van der Waals surface area contributed by atoms with Crippen LogP contribution in [0.1, 0.15) is 13.8 Å². The Balaban J connectivity index is 0.000000829. The first-order valence-corrected chi connectivity index (χ1v) is 9.81. The number of hydrogen-bond acceptors (Lipinski definition) is 1. The van der Waals surface area contributed by atoms with Crippen molar-refractivity contribution < 1.29 is 4.42 Å². The molecular weight excluding hydrogens is 342 g/mol. The summed E-state index contributed by atoms with van der Waals surface area (Å²) in [5, 5.41) is 4.74. The smallest absolute Gasteiger partial charge is 0.145 e. The summed E-state index contributed by atoms with van der Waals surface area (Å²) in [6, 6.07) is 31.7. The summed E-state index contributed by atoms with van der Waals surface area (Å²) in [5.74, 6) is 0. The highest BCUT2D eigenvalue weighted by Gasteiger charge is 2.17. The lowest BCUT2D eigenvalue weighted by molar-refractivity contribution is 0.673. The summed E-state index contributed by atoms with van der Waals surface area (Å²) in [7, 11) is 0. The predicted octanol–water partition coefficient (Wildman–Crippen LogP) is 7.71. The van der Waals surface area contributed by atoms with Crippen LogP contribution >= 0.6 is 0 Å². The molecule has 0 unspecified atom stereocenters. The molecule has 2 nitrogen and oxygen atoms in total. The highest BCUT2D eigenvalue weighted by Crippen LogP contribution is 2.40. The quantitative estimate of drug-likeness (QED) is 0.292. The minimum absolute atomic E-state index is 0.937. The number of furan rings is 1. The highest BCUT2D eigenvalue weighted by atomic mass is 16.3. The lowest BCUT2D eigenvalue weighted by Gasteiger charge is -2.07. The number of benzene rings is 4. The number of fused-ring (bicyclic) bond motifs is 7. The van der Waals surface area contributed by atoms with Crippen LogP contribution in [0.4, 0.5) is 0 Å². The number of hydrogen-bond donors (Lipinski definition) is 0. The van der Waals surface area contributed by atoms with Gasteiger partial charge in [0.2, 0.25) is 0 Å². The van der Waals surface area contributed by atoms with Gasteiger partial charge >= 0.3 is 0 Å². The molecule has 0 aliphatic rings. The zero-order chi connectivity index (χ0) is 19.1. The van der Waals surface area contributed by atoms with E-state index in [4.69, 9.17) is 4.42 Å². The molecule has 0 amide bonds. The van der Waals surface area contributed by atoms with Crippen molar-refractivity contribution >= 4 is 43.7 Å². The Morgan fingerprint density at radius 2 is 1.25 bits per heavy atom. The van der Waals surface area contributed by atoms with Crippen molar-refractivity contribution in [2.24, 2.45) is 0 Å². The average molecular weight is 363 g/mol. The molecule has 2 heterocycles. The minimum Gasteiger partial charge on any atom is -0.455 e. The van der Waals surface area contributed by atoms with Gasteiger partial charge in [0.1, 0.15) is 11.2 Å². The Bertz CT molecular complexity index is 1420. The van der Waals surface area contributed by atoms with E-state index in [1.807, 2.05) is 26.0 Å². The Labute approximate surface area is 163 Å². The molecule has 0 bridgehead atoms. The molecule has 0 saturated heterocycles. The Hall–Kier alpha value is -3.52. The minimum atomic E-state index is 0.937. The monoisotopic (exact) mass is 363 g/mol. The van der Waals surface area contributed by atoms with Crippen LogP contribution in [0.3, 0.4) is 0 Å². The molecule has 6 aromatic rings. The summed E-state index contributed by atoms with van der Waals surface area (Å²) in [6.07, 6.45) is 0. The van der Waals surface area contributed by atoms with Crippen molar-refractivity contribution in [1.29, 1.82) is 0 Å². The van der Waals surface area contributed by atoms with E-state index < -0.39 is 0 Å². The standard InChI is InChI=1S/C24H15NO.C2H6/c1-2-8-16(9-3-1)25-20-12-6-4-11-19(20)23-21(25)15-14-18-17-10-5-7-13-22(17)26-24(18)23;1-2/h1-15H;1-2H3. The van der Waals surface area contributed by atoms with Crippen LogP contribution in [0.2, 0.25) is 0 Å². The van der Waals surface area contributed by atoms with Crippen molar-refractivity contribution in [2.45, 2.75) is 13.8 Å². The Morgan fingerprint density at radius 3 is 2.07 bits per heavy atom. The van der Waals surface area contributed by atoms with Gasteiger partial charge in [-0.2, -0.15) is 0 Å². The van der Waals surface area contributed by atoms with Crippen molar-refractivity contribution in [2.75, 3.05) is 0 Å². The summed E-state index contributed by atoms with van der Waals surface area (Å²) in [6.45, 7) is 4.00. The first kappa shape index (κ1) is 16.6. The first-order chi connectivity index (χ1) is 13.9. The van der Waals surface area contributed by atoms with Crippen molar-refractivity contribution in [1.82, 2.24) is 4.57 Å². The molecule has 0 N–H and O–H groups in total. The van der Waals surface area contributed by atoms with Gasteiger partial charge in [0.05, 0.1) is 16.4 Å². The third kappa shape index (κ3) is 2.28. The molecule has 0 radical (unpaired) electrons. The van der Waals surface area contributed by atoms with Gasteiger partial charge in [0, 0.05) is 21.8 Å². The Morgan fingerprint density at radius 1 is 0.571 bits per heavy atom. The van der Waals surface area contributed by atoms with E-state index in [0.717, 1.165) is 16.9 Å². The molecule has 2 heteroatoms. The first-order valence-electron chi connectivity index (χ1n) is 9.81. The van der Waals surface area contributed by atoms with E-state index in [1.54, 1.807) is 0 Å². The van der Waals surface area contributed by atoms with E-state index in [1.165, 1.54) is 32.6 Å². The average Bonchev–Trinajstić information content (AvgIpc) is 3.31. The predicted molar refractivity (Wildman–Crippen MR) is 119 cm³/mol. The van der Waals surface area contributed by atoms with Gasteiger partial charge in [0.15, 0.2) is 0 Å². The van der Waals surface area contributed by atoms with Gasteiger partial charge in [0.25, 0.3) is 0 Å². The van der Waals surface area contributed by atoms with Crippen LogP contribution in [0.25, 0.3) is 49.4 Å². The van der Waals surface area contributed by atoms with Crippen LogP contribution < -0.4 is 0 Å². The molecule has 6 rings (SSSR count). The maximum atomic E-state index is 6.31. The van der Waals surface area contributed by atoms with E-state index >= 15 is 0 Å². The van der Waals surface area contributed by atoms with Crippen molar-refractivity contribution in [3.63, 3.8) is 0 Å². The van der Waals surface area contributed by atoms with Crippen molar-refractivity contribution in [3.8, 4) is 5.69 Å². The lowest BCUT2D eigenvalue weighted by Crippen LogP contribution is -1.92. The molecular formula is C26H21NO. The van der Waals surface area contributed by atoms with Crippen LogP contribution in [-0.2, 0) is 0 Å². The molecule has 0 aliphatic carbocycles. The van der Waals surface area contributed by atoms with Crippen LogP contribution in [0, 0.1) is 0 Å².